The predicted molar refractivity (Wildman–Crippen MR) is 70.6 cm³/mol. The van der Waals surface area contributed by atoms with Crippen LogP contribution in [0.1, 0.15) is 26.2 Å². The van der Waals surface area contributed by atoms with Crippen LogP contribution in [0.25, 0.3) is 0 Å². The number of ether oxygens (including phenoxy) is 1. The van der Waals surface area contributed by atoms with Gasteiger partial charge in [-0.1, -0.05) is 20.1 Å². The SMILES string of the molecule is C=C1CC[C@H]2[C@H](C)C(=O)O[C@@H]2[C@@]2(O)C(=C)[C@H](O)C[C@@]12O. The summed E-state index contributed by atoms with van der Waals surface area (Å²) in [4.78, 5) is 11.8. The van der Waals surface area contributed by atoms with Gasteiger partial charge in [-0.15, -0.1) is 0 Å². The molecule has 0 amide bonds. The minimum atomic E-state index is -1.86. The number of aliphatic hydroxyl groups is 3. The summed E-state index contributed by atoms with van der Waals surface area (Å²) in [5.74, 6) is -0.928. The van der Waals surface area contributed by atoms with Crippen molar-refractivity contribution in [2.75, 3.05) is 0 Å². The van der Waals surface area contributed by atoms with Crippen molar-refractivity contribution in [1.82, 2.24) is 0 Å². The average Bonchev–Trinajstić information content (AvgIpc) is 2.74. The van der Waals surface area contributed by atoms with Crippen LogP contribution in [-0.2, 0) is 9.53 Å². The summed E-state index contributed by atoms with van der Waals surface area (Å²) in [7, 11) is 0. The molecular formula is C15H20O5. The van der Waals surface area contributed by atoms with Gasteiger partial charge in [0.1, 0.15) is 11.7 Å². The van der Waals surface area contributed by atoms with Crippen molar-refractivity contribution in [2.24, 2.45) is 11.8 Å². The molecule has 3 N–H and O–H groups in total. The average molecular weight is 280 g/mol. The second kappa shape index (κ2) is 3.93. The van der Waals surface area contributed by atoms with Crippen molar-refractivity contribution < 1.29 is 24.9 Å². The minimum absolute atomic E-state index is 0.0592. The van der Waals surface area contributed by atoms with Crippen LogP contribution < -0.4 is 0 Å². The van der Waals surface area contributed by atoms with E-state index in [0.717, 1.165) is 0 Å². The third-order valence-electron chi connectivity index (χ3n) is 5.43. The Kier molecular flexibility index (Phi) is 2.71. The summed E-state index contributed by atoms with van der Waals surface area (Å²) < 4.78 is 5.34. The Bertz CT molecular complexity index is 512. The lowest BCUT2D eigenvalue weighted by molar-refractivity contribution is -0.172. The summed E-state index contributed by atoms with van der Waals surface area (Å²) in [6, 6.07) is 0. The Morgan fingerprint density at radius 3 is 2.65 bits per heavy atom. The molecule has 20 heavy (non-hydrogen) atoms. The Morgan fingerprint density at radius 1 is 1.35 bits per heavy atom. The van der Waals surface area contributed by atoms with Crippen molar-refractivity contribution in [3.63, 3.8) is 0 Å². The second-order valence-electron chi connectivity index (χ2n) is 6.32. The van der Waals surface area contributed by atoms with Gasteiger partial charge in [-0.05, 0) is 24.0 Å². The highest BCUT2D eigenvalue weighted by Crippen LogP contribution is 2.56. The molecule has 3 fully saturated rings. The van der Waals surface area contributed by atoms with Crippen molar-refractivity contribution in [2.45, 2.75) is 49.6 Å². The molecule has 0 bridgehead atoms. The van der Waals surface area contributed by atoms with Gasteiger partial charge < -0.3 is 20.1 Å². The van der Waals surface area contributed by atoms with Gasteiger partial charge in [-0.2, -0.15) is 0 Å². The second-order valence-corrected chi connectivity index (χ2v) is 6.32. The molecule has 0 aromatic carbocycles. The number of hydrogen-bond acceptors (Lipinski definition) is 5. The lowest BCUT2D eigenvalue weighted by Crippen LogP contribution is -2.59. The molecule has 0 unspecified atom stereocenters. The Morgan fingerprint density at radius 2 is 2.00 bits per heavy atom. The van der Waals surface area contributed by atoms with Gasteiger partial charge in [0.25, 0.3) is 0 Å². The van der Waals surface area contributed by atoms with E-state index in [2.05, 4.69) is 13.2 Å². The van der Waals surface area contributed by atoms with E-state index in [-0.39, 0.29) is 29.8 Å². The zero-order chi connectivity index (χ0) is 14.9. The van der Waals surface area contributed by atoms with Crippen molar-refractivity contribution in [3.05, 3.63) is 24.3 Å². The van der Waals surface area contributed by atoms with Crippen LogP contribution in [0.2, 0.25) is 0 Å². The first-order valence-corrected chi connectivity index (χ1v) is 6.94. The molecule has 0 aromatic rings. The van der Waals surface area contributed by atoms with Crippen LogP contribution in [0.5, 0.6) is 0 Å². The van der Waals surface area contributed by atoms with E-state index in [0.29, 0.717) is 18.4 Å². The fraction of sp³-hybridized carbons (Fsp3) is 0.667. The Labute approximate surface area is 117 Å². The lowest BCUT2D eigenvalue weighted by Gasteiger charge is -2.42. The third kappa shape index (κ3) is 1.35. The van der Waals surface area contributed by atoms with Crippen LogP contribution in [0.3, 0.4) is 0 Å². The Balaban J connectivity index is 2.16. The molecule has 2 saturated carbocycles. The maximum atomic E-state index is 11.8. The summed E-state index contributed by atoms with van der Waals surface area (Å²) >= 11 is 0. The highest BCUT2D eigenvalue weighted by Gasteiger charge is 2.69. The molecular weight excluding hydrogens is 260 g/mol. The van der Waals surface area contributed by atoms with E-state index in [9.17, 15) is 20.1 Å². The maximum absolute atomic E-state index is 11.8. The summed E-state index contributed by atoms with van der Waals surface area (Å²) in [5, 5.41) is 32.1. The number of fused-ring (bicyclic) bond motifs is 3. The Hall–Kier alpha value is -1.17. The normalized spacial score (nSPS) is 51.5. The molecule has 3 aliphatic rings. The summed E-state index contributed by atoms with van der Waals surface area (Å²) in [6.45, 7) is 9.36. The van der Waals surface area contributed by atoms with Gasteiger partial charge in [0.2, 0.25) is 0 Å². The molecule has 110 valence electrons. The van der Waals surface area contributed by atoms with Crippen LogP contribution in [0, 0.1) is 11.8 Å². The number of aliphatic hydroxyl groups excluding tert-OH is 1. The highest BCUT2D eigenvalue weighted by atomic mass is 16.6. The third-order valence-corrected chi connectivity index (χ3v) is 5.43. The maximum Gasteiger partial charge on any atom is 0.309 e. The number of carbonyl (C=O) groups is 1. The van der Waals surface area contributed by atoms with Crippen LogP contribution in [0.4, 0.5) is 0 Å². The number of carbonyl (C=O) groups excluding carboxylic acids is 1. The van der Waals surface area contributed by atoms with Gasteiger partial charge in [0.05, 0.1) is 12.0 Å². The minimum Gasteiger partial charge on any atom is -0.458 e. The molecule has 0 aromatic heterocycles. The topological polar surface area (TPSA) is 87.0 Å². The molecule has 5 nitrogen and oxygen atoms in total. The summed E-state index contributed by atoms with van der Waals surface area (Å²) in [6.07, 6.45) is -0.865. The lowest BCUT2D eigenvalue weighted by atomic mass is 9.73. The van der Waals surface area contributed by atoms with Gasteiger partial charge in [0.15, 0.2) is 5.60 Å². The first-order valence-electron chi connectivity index (χ1n) is 6.94. The molecule has 3 rings (SSSR count). The predicted octanol–water partition coefficient (Wildman–Crippen LogP) is 0.297. The van der Waals surface area contributed by atoms with Gasteiger partial charge in [0, 0.05) is 12.3 Å². The van der Waals surface area contributed by atoms with Crippen LogP contribution >= 0.6 is 0 Å². The fourth-order valence-electron chi connectivity index (χ4n) is 4.01. The van der Waals surface area contributed by atoms with Crippen LogP contribution in [0.15, 0.2) is 24.3 Å². The smallest absolute Gasteiger partial charge is 0.309 e. The van der Waals surface area contributed by atoms with E-state index in [4.69, 9.17) is 4.74 Å². The first kappa shape index (κ1) is 13.8. The first-order chi connectivity index (χ1) is 9.23. The zero-order valence-electron chi connectivity index (χ0n) is 11.5. The molecule has 2 aliphatic carbocycles. The monoisotopic (exact) mass is 280 g/mol. The van der Waals surface area contributed by atoms with Gasteiger partial charge in [-0.3, -0.25) is 4.79 Å². The summed E-state index contributed by atoms with van der Waals surface area (Å²) in [5.41, 5.74) is -2.96. The number of esters is 1. The van der Waals surface area contributed by atoms with Gasteiger partial charge in [-0.25, -0.2) is 0 Å². The van der Waals surface area contributed by atoms with Crippen LogP contribution in [-0.4, -0.2) is 44.7 Å². The molecule has 6 atom stereocenters. The van der Waals surface area contributed by atoms with E-state index in [1.807, 2.05) is 0 Å². The zero-order valence-corrected chi connectivity index (χ0v) is 11.5. The van der Waals surface area contributed by atoms with E-state index in [1.54, 1.807) is 6.92 Å². The van der Waals surface area contributed by atoms with Crippen molar-refractivity contribution >= 4 is 5.97 Å². The van der Waals surface area contributed by atoms with E-state index in [1.165, 1.54) is 0 Å². The number of hydrogen-bond donors (Lipinski definition) is 3. The molecule has 0 spiro atoms. The molecule has 5 heteroatoms. The van der Waals surface area contributed by atoms with Crippen molar-refractivity contribution in [3.8, 4) is 0 Å². The van der Waals surface area contributed by atoms with E-state index >= 15 is 0 Å². The number of rotatable bonds is 0. The largest absolute Gasteiger partial charge is 0.458 e. The standard InChI is InChI=1S/C15H20O5/c1-7-4-5-10-8(2)13(17)20-12(10)15(19)9(3)11(16)6-14(7,15)18/h8,10-12,16,18-19H,1,3-6H2,2H3/t8-,10-,11+,12-,14+,15-/m0/s1. The molecule has 0 radical (unpaired) electrons. The van der Waals surface area contributed by atoms with Gasteiger partial charge >= 0.3 is 5.97 Å². The fourth-order valence-corrected chi connectivity index (χ4v) is 4.01. The highest BCUT2D eigenvalue weighted by molar-refractivity contribution is 5.75. The van der Waals surface area contributed by atoms with E-state index < -0.39 is 23.4 Å². The molecule has 1 heterocycles. The quantitative estimate of drug-likeness (QED) is 0.439. The molecule has 1 aliphatic heterocycles. The molecule has 1 saturated heterocycles. The van der Waals surface area contributed by atoms with Crippen molar-refractivity contribution in [1.29, 1.82) is 0 Å².